The lowest BCUT2D eigenvalue weighted by atomic mass is 10.0. The molecule has 0 fully saturated rings. The Morgan fingerprint density at radius 2 is 1.89 bits per heavy atom. The van der Waals surface area contributed by atoms with E-state index in [0.29, 0.717) is 16.7 Å². The van der Waals surface area contributed by atoms with E-state index in [-0.39, 0.29) is 17.9 Å². The van der Waals surface area contributed by atoms with Gasteiger partial charge in [0.05, 0.1) is 12.1 Å². The number of carbonyl (C=O) groups excluding carboxylic acids is 2. The quantitative estimate of drug-likeness (QED) is 0.594. The molecule has 144 valence electrons. The number of aromatic amines is 1. The molecule has 0 unspecified atom stereocenters. The van der Waals surface area contributed by atoms with E-state index in [4.69, 9.17) is 0 Å². The minimum absolute atomic E-state index is 0.00170. The maximum absolute atomic E-state index is 12.2. The molecule has 2 heterocycles. The van der Waals surface area contributed by atoms with Crippen molar-refractivity contribution in [3.63, 3.8) is 0 Å². The lowest BCUT2D eigenvalue weighted by molar-refractivity contribution is -0.115. The molecule has 0 saturated heterocycles. The number of pyridine rings is 1. The molecule has 0 saturated carbocycles. The van der Waals surface area contributed by atoms with Crippen LogP contribution in [0.2, 0.25) is 0 Å². The van der Waals surface area contributed by atoms with Crippen molar-refractivity contribution in [2.75, 3.05) is 10.6 Å². The number of anilines is 2. The minimum Gasteiger partial charge on any atom is -0.328 e. The van der Waals surface area contributed by atoms with Gasteiger partial charge in [-0.25, -0.2) is 4.98 Å². The van der Waals surface area contributed by atoms with Crippen molar-refractivity contribution >= 4 is 34.0 Å². The molecule has 0 aliphatic rings. The van der Waals surface area contributed by atoms with E-state index in [1.54, 1.807) is 11.4 Å². The first-order valence-corrected chi connectivity index (χ1v) is 9.63. The van der Waals surface area contributed by atoms with Gasteiger partial charge in [-0.2, -0.15) is 0 Å². The largest absolute Gasteiger partial charge is 0.328 e. The van der Waals surface area contributed by atoms with Gasteiger partial charge in [0.25, 0.3) is 11.5 Å². The normalized spacial score (nSPS) is 10.7. The zero-order valence-corrected chi connectivity index (χ0v) is 16.3. The second-order valence-corrected chi connectivity index (χ2v) is 7.37. The van der Waals surface area contributed by atoms with Crippen molar-refractivity contribution in [3.05, 3.63) is 75.1 Å². The molecular weight excluding hydrogens is 376 g/mol. The Morgan fingerprint density at radius 3 is 2.57 bits per heavy atom. The fourth-order valence-electron chi connectivity index (χ4n) is 2.53. The average molecular weight is 396 g/mol. The highest BCUT2D eigenvalue weighted by Gasteiger charge is 2.13. The first-order chi connectivity index (χ1) is 13.4. The van der Waals surface area contributed by atoms with Crippen molar-refractivity contribution in [1.82, 2.24) is 9.97 Å². The van der Waals surface area contributed by atoms with Crippen LogP contribution in [0.15, 0.2) is 52.8 Å². The lowest BCUT2D eigenvalue weighted by Gasteiger charge is -2.08. The first-order valence-electron chi connectivity index (χ1n) is 8.75. The third kappa shape index (κ3) is 4.92. The molecule has 3 aromatic rings. The third-order valence-electron chi connectivity index (χ3n) is 4.04. The number of aromatic nitrogens is 2. The van der Waals surface area contributed by atoms with Crippen molar-refractivity contribution in [1.29, 1.82) is 0 Å². The molecule has 7 nitrogen and oxygen atoms in total. The molecule has 0 aliphatic carbocycles. The standard InChI is InChI=1S/C20H20N4O3S/c1-12(2)13-5-7-14(8-6-13)22-17(25)10-15-11-28-20(23-15)24-19(27)16-4-3-9-21-18(16)26/h3-9,11-12H,10H2,1-2H3,(H,21,26)(H,22,25)(H,23,24,27). The summed E-state index contributed by atoms with van der Waals surface area (Å²) in [7, 11) is 0. The molecular formula is C20H20N4O3S. The Labute approximate surface area is 165 Å². The summed E-state index contributed by atoms with van der Waals surface area (Å²) in [6.07, 6.45) is 1.54. The van der Waals surface area contributed by atoms with Gasteiger partial charge >= 0.3 is 0 Å². The molecule has 0 atom stereocenters. The molecule has 3 N–H and O–H groups in total. The molecule has 3 rings (SSSR count). The predicted octanol–water partition coefficient (Wildman–Crippen LogP) is 3.39. The van der Waals surface area contributed by atoms with E-state index in [1.807, 2.05) is 24.3 Å². The van der Waals surface area contributed by atoms with E-state index < -0.39 is 11.5 Å². The van der Waals surface area contributed by atoms with Crippen LogP contribution < -0.4 is 16.2 Å². The zero-order valence-electron chi connectivity index (χ0n) is 15.5. The number of H-pyrrole nitrogens is 1. The molecule has 0 spiro atoms. The van der Waals surface area contributed by atoms with Crippen LogP contribution in [0.25, 0.3) is 0 Å². The van der Waals surface area contributed by atoms with Gasteiger partial charge < -0.3 is 10.3 Å². The summed E-state index contributed by atoms with van der Waals surface area (Å²) >= 11 is 1.20. The highest BCUT2D eigenvalue weighted by molar-refractivity contribution is 7.14. The summed E-state index contributed by atoms with van der Waals surface area (Å²) in [6, 6.07) is 10.7. The van der Waals surface area contributed by atoms with Crippen LogP contribution in [0.1, 0.15) is 41.4 Å². The van der Waals surface area contributed by atoms with Crippen LogP contribution in [0, 0.1) is 0 Å². The summed E-state index contributed by atoms with van der Waals surface area (Å²) < 4.78 is 0. The highest BCUT2D eigenvalue weighted by Crippen LogP contribution is 2.19. The van der Waals surface area contributed by atoms with E-state index in [2.05, 4.69) is 34.4 Å². The van der Waals surface area contributed by atoms with Crippen LogP contribution in [-0.4, -0.2) is 21.8 Å². The third-order valence-corrected chi connectivity index (χ3v) is 4.84. The molecule has 0 aliphatic heterocycles. The Hall–Kier alpha value is -3.26. The van der Waals surface area contributed by atoms with Gasteiger partial charge in [0.2, 0.25) is 5.91 Å². The number of carbonyl (C=O) groups is 2. The smallest absolute Gasteiger partial charge is 0.263 e. The van der Waals surface area contributed by atoms with Gasteiger partial charge in [0.1, 0.15) is 5.56 Å². The molecule has 1 aromatic carbocycles. The van der Waals surface area contributed by atoms with Crippen molar-refractivity contribution in [2.45, 2.75) is 26.2 Å². The number of rotatable bonds is 6. The van der Waals surface area contributed by atoms with E-state index in [9.17, 15) is 14.4 Å². The van der Waals surface area contributed by atoms with E-state index in [1.165, 1.54) is 29.2 Å². The zero-order chi connectivity index (χ0) is 20.1. The number of amides is 2. The summed E-state index contributed by atoms with van der Waals surface area (Å²) in [4.78, 5) is 42.7. The summed E-state index contributed by atoms with van der Waals surface area (Å²) in [6.45, 7) is 4.22. The van der Waals surface area contributed by atoms with Crippen LogP contribution in [0.4, 0.5) is 10.8 Å². The lowest BCUT2D eigenvalue weighted by Crippen LogP contribution is -2.22. The molecule has 0 bridgehead atoms. The van der Waals surface area contributed by atoms with Gasteiger partial charge in [-0.3, -0.25) is 19.7 Å². The number of hydrogen-bond acceptors (Lipinski definition) is 5. The number of benzene rings is 1. The van der Waals surface area contributed by atoms with Crippen LogP contribution >= 0.6 is 11.3 Å². The van der Waals surface area contributed by atoms with Crippen LogP contribution in [-0.2, 0) is 11.2 Å². The number of nitrogens with one attached hydrogen (secondary N) is 3. The summed E-state index contributed by atoms with van der Waals surface area (Å²) in [5.41, 5.74) is 2.00. The SMILES string of the molecule is CC(C)c1ccc(NC(=O)Cc2csc(NC(=O)c3ccc[nH]c3=O)n2)cc1. The fourth-order valence-corrected chi connectivity index (χ4v) is 3.24. The van der Waals surface area contributed by atoms with E-state index in [0.717, 1.165) is 5.69 Å². The maximum atomic E-state index is 12.2. The predicted molar refractivity (Wildman–Crippen MR) is 110 cm³/mol. The van der Waals surface area contributed by atoms with Crippen molar-refractivity contribution < 1.29 is 9.59 Å². The summed E-state index contributed by atoms with van der Waals surface area (Å²) in [5.74, 6) is -0.308. The molecule has 28 heavy (non-hydrogen) atoms. The Bertz CT molecular complexity index is 1040. The van der Waals surface area contributed by atoms with E-state index >= 15 is 0 Å². The van der Waals surface area contributed by atoms with Gasteiger partial charge in [-0.1, -0.05) is 26.0 Å². The maximum Gasteiger partial charge on any atom is 0.263 e. The Kier molecular flexibility index (Phi) is 6.00. The van der Waals surface area contributed by atoms with Crippen molar-refractivity contribution in [3.8, 4) is 0 Å². The highest BCUT2D eigenvalue weighted by atomic mass is 32.1. The molecule has 2 aromatic heterocycles. The monoisotopic (exact) mass is 396 g/mol. The minimum atomic E-state index is -0.544. The summed E-state index contributed by atoms with van der Waals surface area (Å²) in [5, 5.41) is 7.44. The van der Waals surface area contributed by atoms with Gasteiger partial charge in [-0.05, 0) is 35.7 Å². The number of nitrogens with zero attached hydrogens (tertiary/aromatic N) is 1. The van der Waals surface area contributed by atoms with Gasteiger partial charge in [-0.15, -0.1) is 11.3 Å². The fraction of sp³-hybridized carbons (Fsp3) is 0.200. The Balaban J connectivity index is 1.58. The van der Waals surface area contributed by atoms with Crippen LogP contribution in [0.5, 0.6) is 0 Å². The average Bonchev–Trinajstić information content (AvgIpc) is 3.09. The topological polar surface area (TPSA) is 104 Å². The first kappa shape index (κ1) is 19.5. The number of hydrogen-bond donors (Lipinski definition) is 3. The Morgan fingerprint density at radius 1 is 1.14 bits per heavy atom. The molecule has 8 heteroatoms. The second kappa shape index (κ2) is 8.62. The van der Waals surface area contributed by atoms with Gasteiger partial charge in [0.15, 0.2) is 5.13 Å². The number of thiazole rings is 1. The second-order valence-electron chi connectivity index (χ2n) is 6.51. The molecule has 2 amide bonds. The van der Waals surface area contributed by atoms with Crippen molar-refractivity contribution in [2.24, 2.45) is 0 Å². The van der Waals surface area contributed by atoms with Gasteiger partial charge in [0, 0.05) is 17.3 Å². The van der Waals surface area contributed by atoms with Crippen LogP contribution in [0.3, 0.4) is 0 Å². The molecule has 0 radical (unpaired) electrons.